The highest BCUT2D eigenvalue weighted by Gasteiger charge is 2.20. The lowest BCUT2D eigenvalue weighted by Crippen LogP contribution is -2.36. The lowest BCUT2D eigenvalue weighted by molar-refractivity contribution is 0.254. The van der Waals surface area contributed by atoms with Crippen LogP contribution < -0.4 is 4.72 Å². The van der Waals surface area contributed by atoms with Crippen LogP contribution in [0.2, 0.25) is 0 Å². The van der Waals surface area contributed by atoms with Crippen molar-refractivity contribution in [2.45, 2.75) is 62.3 Å². The third-order valence-electron chi connectivity index (χ3n) is 4.30. The van der Waals surface area contributed by atoms with Gasteiger partial charge in [0.05, 0.1) is 11.5 Å². The number of aliphatic hydroxyl groups is 1. The fourth-order valence-corrected chi connectivity index (χ4v) is 4.20. The molecule has 0 heterocycles. The van der Waals surface area contributed by atoms with Crippen LogP contribution in [0.15, 0.2) is 29.2 Å². The third kappa shape index (κ3) is 4.28. The predicted octanol–water partition coefficient (Wildman–Crippen LogP) is 2.78. The average Bonchev–Trinajstić information content (AvgIpc) is 2.53. The van der Waals surface area contributed by atoms with Crippen molar-refractivity contribution in [1.82, 2.24) is 4.72 Å². The van der Waals surface area contributed by atoms with Crippen LogP contribution in [0.5, 0.6) is 0 Å². The first-order valence-electron chi connectivity index (χ1n) is 7.80. The second-order valence-corrected chi connectivity index (χ2v) is 7.53. The summed E-state index contributed by atoms with van der Waals surface area (Å²) in [4.78, 5) is 0.272. The van der Waals surface area contributed by atoms with Crippen molar-refractivity contribution in [2.75, 3.05) is 6.61 Å². The van der Waals surface area contributed by atoms with Crippen LogP contribution >= 0.6 is 0 Å². The smallest absolute Gasteiger partial charge is 0.240 e. The Bertz CT molecular complexity index is 529. The topological polar surface area (TPSA) is 66.4 Å². The molecule has 0 spiro atoms. The molecule has 0 aromatic heterocycles. The maximum Gasteiger partial charge on any atom is 0.240 e. The largest absolute Gasteiger partial charge is 0.395 e. The number of benzene rings is 1. The van der Waals surface area contributed by atoms with Crippen molar-refractivity contribution >= 4 is 10.0 Å². The minimum atomic E-state index is -3.54. The summed E-state index contributed by atoms with van der Waals surface area (Å²) in [5, 5.41) is 9.12. The van der Waals surface area contributed by atoms with Gasteiger partial charge in [0, 0.05) is 6.04 Å². The minimum absolute atomic E-state index is 0.185. The molecular weight excluding hydrogens is 286 g/mol. The molecule has 1 aliphatic rings. The molecule has 118 valence electrons. The molecule has 0 saturated heterocycles. The Kier molecular flexibility index (Phi) is 5.79. The van der Waals surface area contributed by atoms with Crippen molar-refractivity contribution in [1.29, 1.82) is 0 Å². The fraction of sp³-hybridized carbons (Fsp3) is 0.625. The Labute approximate surface area is 127 Å². The predicted molar refractivity (Wildman–Crippen MR) is 83.8 cm³/mol. The molecule has 1 aliphatic carbocycles. The lowest BCUT2D eigenvalue weighted by atomic mass is 9.84. The van der Waals surface area contributed by atoms with Crippen LogP contribution in [-0.4, -0.2) is 26.2 Å². The molecule has 1 unspecified atom stereocenters. The summed E-state index contributed by atoms with van der Waals surface area (Å²) < 4.78 is 27.0. The van der Waals surface area contributed by atoms with Crippen molar-refractivity contribution in [3.63, 3.8) is 0 Å². The molecule has 1 saturated carbocycles. The van der Waals surface area contributed by atoms with Gasteiger partial charge < -0.3 is 5.11 Å². The Morgan fingerprint density at radius 3 is 2.33 bits per heavy atom. The van der Waals surface area contributed by atoms with E-state index in [0.29, 0.717) is 12.3 Å². The van der Waals surface area contributed by atoms with E-state index in [-0.39, 0.29) is 11.5 Å². The number of rotatable bonds is 6. The standard InChI is InChI=1S/C16H25NO3S/c1-2-15(12-18)17-21(19,20)16-10-8-14(9-11-16)13-6-4-3-5-7-13/h8-11,13,15,17-18H,2-7,12H2,1H3. The zero-order chi connectivity index (χ0) is 15.3. The van der Waals surface area contributed by atoms with Crippen molar-refractivity contribution in [2.24, 2.45) is 0 Å². The van der Waals surface area contributed by atoms with Gasteiger partial charge in [-0.25, -0.2) is 13.1 Å². The molecule has 21 heavy (non-hydrogen) atoms. The van der Waals surface area contributed by atoms with Gasteiger partial charge in [0.2, 0.25) is 10.0 Å². The summed E-state index contributed by atoms with van der Waals surface area (Å²) in [5.41, 5.74) is 1.24. The molecule has 1 aromatic carbocycles. The summed E-state index contributed by atoms with van der Waals surface area (Å²) in [6.45, 7) is 1.66. The fourth-order valence-electron chi connectivity index (χ4n) is 2.89. The third-order valence-corrected chi connectivity index (χ3v) is 5.84. The molecule has 2 N–H and O–H groups in total. The minimum Gasteiger partial charge on any atom is -0.395 e. The van der Waals surface area contributed by atoms with Crippen molar-refractivity contribution in [3.05, 3.63) is 29.8 Å². The summed E-state index contributed by atoms with van der Waals surface area (Å²) in [6.07, 6.45) is 6.81. The summed E-state index contributed by atoms with van der Waals surface area (Å²) >= 11 is 0. The summed E-state index contributed by atoms with van der Waals surface area (Å²) in [5.74, 6) is 0.573. The van der Waals surface area contributed by atoms with Crippen LogP contribution in [0.25, 0.3) is 0 Å². The molecule has 2 rings (SSSR count). The Morgan fingerprint density at radius 1 is 1.19 bits per heavy atom. The highest BCUT2D eigenvalue weighted by atomic mass is 32.2. The van der Waals surface area contributed by atoms with Gasteiger partial charge in [0.1, 0.15) is 0 Å². The quantitative estimate of drug-likeness (QED) is 0.849. The lowest BCUT2D eigenvalue weighted by Gasteiger charge is -2.22. The van der Waals surface area contributed by atoms with E-state index in [0.717, 1.165) is 0 Å². The first kappa shape index (κ1) is 16.5. The average molecular weight is 311 g/mol. The second-order valence-electron chi connectivity index (χ2n) is 5.81. The monoisotopic (exact) mass is 311 g/mol. The van der Waals surface area contributed by atoms with E-state index in [1.165, 1.54) is 37.7 Å². The van der Waals surface area contributed by atoms with E-state index >= 15 is 0 Å². The highest BCUT2D eigenvalue weighted by Crippen LogP contribution is 2.32. The number of nitrogens with one attached hydrogen (secondary N) is 1. The van der Waals surface area contributed by atoms with Crippen LogP contribution in [0.3, 0.4) is 0 Å². The Hall–Kier alpha value is -0.910. The van der Waals surface area contributed by atoms with Gasteiger partial charge >= 0.3 is 0 Å². The highest BCUT2D eigenvalue weighted by molar-refractivity contribution is 7.89. The first-order valence-corrected chi connectivity index (χ1v) is 9.28. The molecule has 1 atom stereocenters. The van der Waals surface area contributed by atoms with Gasteiger partial charge in [-0.15, -0.1) is 0 Å². The maximum atomic E-state index is 12.2. The van der Waals surface area contributed by atoms with Crippen molar-refractivity contribution in [3.8, 4) is 0 Å². The molecule has 5 heteroatoms. The van der Waals surface area contributed by atoms with Crippen LogP contribution in [-0.2, 0) is 10.0 Å². The normalized spacial score (nSPS) is 18.6. The SMILES string of the molecule is CCC(CO)NS(=O)(=O)c1ccc(C2CCCCC2)cc1. The second kappa shape index (κ2) is 7.38. The van der Waals surface area contributed by atoms with E-state index in [1.807, 2.05) is 19.1 Å². The van der Waals surface area contributed by atoms with Gasteiger partial charge in [0.25, 0.3) is 0 Å². The van der Waals surface area contributed by atoms with Gasteiger partial charge in [-0.2, -0.15) is 0 Å². The van der Waals surface area contributed by atoms with Crippen LogP contribution in [0.1, 0.15) is 56.9 Å². The zero-order valence-electron chi connectivity index (χ0n) is 12.6. The van der Waals surface area contributed by atoms with E-state index in [9.17, 15) is 8.42 Å². The molecule has 4 nitrogen and oxygen atoms in total. The first-order chi connectivity index (χ1) is 10.1. The molecular formula is C16H25NO3S. The van der Waals surface area contributed by atoms with Crippen LogP contribution in [0.4, 0.5) is 0 Å². The van der Waals surface area contributed by atoms with E-state index < -0.39 is 16.1 Å². The van der Waals surface area contributed by atoms with E-state index in [4.69, 9.17) is 5.11 Å². The molecule has 1 fully saturated rings. The molecule has 0 aliphatic heterocycles. The van der Waals surface area contributed by atoms with Crippen LogP contribution in [0, 0.1) is 0 Å². The number of sulfonamides is 1. The van der Waals surface area contributed by atoms with Gasteiger partial charge in [-0.3, -0.25) is 0 Å². The summed E-state index contributed by atoms with van der Waals surface area (Å²) in [6, 6.07) is 6.80. The van der Waals surface area contributed by atoms with Gasteiger partial charge in [-0.05, 0) is 42.9 Å². The Morgan fingerprint density at radius 2 is 1.81 bits per heavy atom. The molecule has 0 bridgehead atoms. The van der Waals surface area contributed by atoms with E-state index in [1.54, 1.807) is 12.1 Å². The van der Waals surface area contributed by atoms with E-state index in [2.05, 4.69) is 4.72 Å². The maximum absolute atomic E-state index is 12.2. The Balaban J connectivity index is 2.10. The number of aliphatic hydroxyl groups excluding tert-OH is 1. The number of hydrogen-bond donors (Lipinski definition) is 2. The number of hydrogen-bond acceptors (Lipinski definition) is 3. The van der Waals surface area contributed by atoms with Gasteiger partial charge in [-0.1, -0.05) is 38.3 Å². The van der Waals surface area contributed by atoms with Gasteiger partial charge in [0.15, 0.2) is 0 Å². The zero-order valence-corrected chi connectivity index (χ0v) is 13.4. The molecule has 1 aromatic rings. The molecule has 0 amide bonds. The van der Waals surface area contributed by atoms with Crippen molar-refractivity contribution < 1.29 is 13.5 Å². The summed E-state index contributed by atoms with van der Waals surface area (Å²) in [7, 11) is -3.54. The molecule has 0 radical (unpaired) electrons.